The summed E-state index contributed by atoms with van der Waals surface area (Å²) in [7, 11) is 0. The predicted molar refractivity (Wildman–Crippen MR) is 100 cm³/mol. The van der Waals surface area contributed by atoms with E-state index < -0.39 is 23.2 Å². The fourth-order valence-corrected chi connectivity index (χ4v) is 2.45. The molecule has 27 heavy (non-hydrogen) atoms. The van der Waals surface area contributed by atoms with Crippen molar-refractivity contribution in [2.75, 3.05) is 5.32 Å². The monoisotopic (exact) mass is 381 g/mol. The van der Waals surface area contributed by atoms with E-state index in [9.17, 15) is 13.2 Å². The summed E-state index contributed by atoms with van der Waals surface area (Å²) in [6.07, 6.45) is 0.669. The topological polar surface area (TPSA) is 47.0 Å². The Hall–Kier alpha value is -2.31. The van der Waals surface area contributed by atoms with Crippen LogP contribution in [0.15, 0.2) is 30.5 Å². The molecule has 2 rings (SSSR count). The number of anilines is 2. The summed E-state index contributed by atoms with van der Waals surface area (Å²) in [5, 5.41) is 2.93. The van der Waals surface area contributed by atoms with Crippen LogP contribution in [0.3, 0.4) is 0 Å². The van der Waals surface area contributed by atoms with E-state index in [4.69, 9.17) is 4.74 Å². The Balaban J connectivity index is 2.17. The zero-order valence-electron chi connectivity index (χ0n) is 16.2. The molecule has 0 radical (unpaired) electrons. The first-order valence-electron chi connectivity index (χ1n) is 9.07. The molecule has 0 amide bonds. The molecule has 0 saturated heterocycles. The van der Waals surface area contributed by atoms with Gasteiger partial charge >= 0.3 is 6.18 Å². The van der Waals surface area contributed by atoms with Crippen LogP contribution in [-0.2, 0) is 12.6 Å². The first kappa shape index (κ1) is 21.0. The van der Waals surface area contributed by atoms with E-state index in [1.54, 1.807) is 20.8 Å². The molecule has 0 atom stereocenters. The highest BCUT2D eigenvalue weighted by molar-refractivity contribution is 5.54. The van der Waals surface area contributed by atoms with Crippen molar-refractivity contribution in [3.05, 3.63) is 41.6 Å². The van der Waals surface area contributed by atoms with E-state index in [0.717, 1.165) is 19.0 Å². The van der Waals surface area contributed by atoms with E-state index in [1.165, 1.54) is 18.4 Å². The molecule has 7 heteroatoms. The smallest absolute Gasteiger partial charge is 0.423 e. The van der Waals surface area contributed by atoms with Gasteiger partial charge in [-0.1, -0.05) is 31.9 Å². The van der Waals surface area contributed by atoms with Gasteiger partial charge in [0.05, 0.1) is 0 Å². The second-order valence-electron chi connectivity index (χ2n) is 7.40. The van der Waals surface area contributed by atoms with Gasteiger partial charge in [-0.05, 0) is 51.3 Å². The van der Waals surface area contributed by atoms with Gasteiger partial charge in [-0.2, -0.15) is 18.2 Å². The van der Waals surface area contributed by atoms with Gasteiger partial charge in [0.2, 0.25) is 11.8 Å². The molecule has 1 aromatic heterocycles. The van der Waals surface area contributed by atoms with Crippen LogP contribution in [0.2, 0.25) is 0 Å². The number of hydrogen-bond donors (Lipinski definition) is 1. The molecule has 0 fully saturated rings. The summed E-state index contributed by atoms with van der Waals surface area (Å²) in [5.41, 5.74) is 0.121. The molecule has 0 aliphatic rings. The summed E-state index contributed by atoms with van der Waals surface area (Å²) in [5.74, 6) is -0.426. The van der Waals surface area contributed by atoms with E-state index in [0.29, 0.717) is 5.69 Å². The van der Waals surface area contributed by atoms with Gasteiger partial charge in [0.15, 0.2) is 0 Å². The average Bonchev–Trinajstić information content (AvgIpc) is 2.54. The number of nitrogens with one attached hydrogen (secondary N) is 1. The Morgan fingerprint density at radius 3 is 2.26 bits per heavy atom. The number of ether oxygens (including phenoxy) is 1. The molecule has 148 valence electrons. The maximum Gasteiger partial charge on any atom is 0.423 e. The van der Waals surface area contributed by atoms with Crippen molar-refractivity contribution in [3.8, 4) is 5.88 Å². The van der Waals surface area contributed by atoms with Crippen molar-refractivity contribution in [1.29, 1.82) is 0 Å². The fourth-order valence-electron chi connectivity index (χ4n) is 2.45. The summed E-state index contributed by atoms with van der Waals surface area (Å²) in [6, 6.07) is 7.72. The van der Waals surface area contributed by atoms with Gasteiger partial charge in [0, 0.05) is 11.9 Å². The predicted octanol–water partition coefficient (Wildman–Crippen LogP) is 6.15. The highest BCUT2D eigenvalue weighted by Crippen LogP contribution is 2.36. The third-order valence-electron chi connectivity index (χ3n) is 3.74. The number of unbranched alkanes of at least 4 members (excludes halogenated alkanes) is 2. The number of nitrogens with zero attached hydrogens (tertiary/aromatic N) is 2. The normalized spacial score (nSPS) is 12.1. The first-order chi connectivity index (χ1) is 12.6. The lowest BCUT2D eigenvalue weighted by Gasteiger charge is -2.23. The second kappa shape index (κ2) is 8.59. The maximum absolute atomic E-state index is 13.2. The molecular weight excluding hydrogens is 355 g/mol. The molecule has 1 N–H and O–H groups in total. The van der Waals surface area contributed by atoms with E-state index in [2.05, 4.69) is 22.2 Å². The van der Waals surface area contributed by atoms with Crippen LogP contribution in [0.25, 0.3) is 0 Å². The lowest BCUT2D eigenvalue weighted by atomic mass is 10.1. The van der Waals surface area contributed by atoms with E-state index in [1.807, 2.05) is 24.3 Å². The molecule has 1 heterocycles. The molecule has 0 aliphatic carbocycles. The number of aryl methyl sites for hydroxylation is 1. The van der Waals surface area contributed by atoms with Crippen LogP contribution < -0.4 is 10.1 Å². The third-order valence-corrected chi connectivity index (χ3v) is 3.74. The summed E-state index contributed by atoms with van der Waals surface area (Å²) in [4.78, 5) is 7.73. The van der Waals surface area contributed by atoms with Gasteiger partial charge in [0.1, 0.15) is 11.2 Å². The van der Waals surface area contributed by atoms with Gasteiger partial charge in [-0.25, -0.2) is 4.98 Å². The van der Waals surface area contributed by atoms with Crippen LogP contribution >= 0.6 is 0 Å². The minimum absolute atomic E-state index is 0.0565. The van der Waals surface area contributed by atoms with Crippen LogP contribution in [0.1, 0.15) is 58.1 Å². The Morgan fingerprint density at radius 2 is 1.70 bits per heavy atom. The molecular formula is C20H26F3N3O. The molecule has 0 saturated carbocycles. The van der Waals surface area contributed by atoms with Crippen molar-refractivity contribution in [2.45, 2.75) is 65.2 Å². The molecule has 0 bridgehead atoms. The number of hydrogen-bond acceptors (Lipinski definition) is 4. The number of rotatable bonds is 7. The van der Waals surface area contributed by atoms with Crippen molar-refractivity contribution in [2.24, 2.45) is 0 Å². The van der Waals surface area contributed by atoms with Crippen molar-refractivity contribution in [1.82, 2.24) is 9.97 Å². The first-order valence-corrected chi connectivity index (χ1v) is 9.07. The van der Waals surface area contributed by atoms with Gasteiger partial charge in [0.25, 0.3) is 0 Å². The van der Waals surface area contributed by atoms with Gasteiger partial charge < -0.3 is 10.1 Å². The van der Waals surface area contributed by atoms with Crippen molar-refractivity contribution >= 4 is 11.6 Å². The van der Waals surface area contributed by atoms with Crippen LogP contribution in [0.5, 0.6) is 5.88 Å². The lowest BCUT2D eigenvalue weighted by Crippen LogP contribution is -2.26. The molecule has 1 aromatic carbocycles. The van der Waals surface area contributed by atoms with E-state index in [-0.39, 0.29) is 5.95 Å². The number of benzene rings is 1. The standard InChI is InChI=1S/C20H26F3N3O/c1-5-6-7-8-14-9-11-15(12-10-14)25-18-24-13-16(20(21,22)23)17(26-18)27-19(2,3)4/h9-13H,5-8H2,1-4H3,(H,24,25,26). The van der Waals surface area contributed by atoms with Crippen LogP contribution in [0, 0.1) is 0 Å². The summed E-state index contributed by atoms with van der Waals surface area (Å²) >= 11 is 0. The molecule has 0 aliphatic heterocycles. The molecule has 0 unspecified atom stereocenters. The number of alkyl halides is 3. The Kier molecular flexibility index (Phi) is 6.68. The quantitative estimate of drug-likeness (QED) is 0.585. The largest absolute Gasteiger partial charge is 0.471 e. The van der Waals surface area contributed by atoms with E-state index >= 15 is 0 Å². The number of aromatic nitrogens is 2. The minimum Gasteiger partial charge on any atom is -0.471 e. The Labute approximate surface area is 158 Å². The number of halogens is 3. The zero-order chi connectivity index (χ0) is 20.1. The maximum atomic E-state index is 13.2. The molecule has 2 aromatic rings. The highest BCUT2D eigenvalue weighted by atomic mass is 19.4. The highest BCUT2D eigenvalue weighted by Gasteiger charge is 2.37. The second-order valence-corrected chi connectivity index (χ2v) is 7.40. The minimum atomic E-state index is -4.58. The summed E-state index contributed by atoms with van der Waals surface area (Å²) in [6.45, 7) is 7.16. The summed E-state index contributed by atoms with van der Waals surface area (Å²) < 4.78 is 44.9. The average molecular weight is 381 g/mol. The van der Waals surface area contributed by atoms with Crippen LogP contribution in [0.4, 0.5) is 24.8 Å². The lowest BCUT2D eigenvalue weighted by molar-refractivity contribution is -0.140. The van der Waals surface area contributed by atoms with Crippen molar-refractivity contribution < 1.29 is 17.9 Å². The van der Waals surface area contributed by atoms with Crippen LogP contribution in [-0.4, -0.2) is 15.6 Å². The Morgan fingerprint density at radius 1 is 1.04 bits per heavy atom. The molecule has 4 nitrogen and oxygen atoms in total. The fraction of sp³-hybridized carbons (Fsp3) is 0.500. The van der Waals surface area contributed by atoms with Gasteiger partial charge in [-0.3, -0.25) is 0 Å². The Bertz CT molecular complexity index is 738. The third kappa shape index (κ3) is 6.73. The van der Waals surface area contributed by atoms with Gasteiger partial charge in [-0.15, -0.1) is 0 Å². The van der Waals surface area contributed by atoms with Crippen molar-refractivity contribution in [3.63, 3.8) is 0 Å². The zero-order valence-corrected chi connectivity index (χ0v) is 16.2. The molecule has 0 spiro atoms. The SMILES string of the molecule is CCCCCc1ccc(Nc2ncc(C(F)(F)F)c(OC(C)(C)C)n2)cc1.